The standard InChI is InChI=1S/C12H15NO4/c1-8(11(14)13(2)3)17-10-6-4-9(5-7-10)12(15)16/h4-8H,1-3H3,(H,15,16). The van der Waals surface area contributed by atoms with E-state index in [0.29, 0.717) is 5.75 Å². The summed E-state index contributed by atoms with van der Waals surface area (Å²) in [5.41, 5.74) is 0.184. The predicted octanol–water partition coefficient (Wildman–Crippen LogP) is 1.24. The van der Waals surface area contributed by atoms with Gasteiger partial charge >= 0.3 is 5.97 Å². The molecule has 1 rings (SSSR count). The summed E-state index contributed by atoms with van der Waals surface area (Å²) < 4.78 is 5.39. The maximum atomic E-state index is 11.5. The molecule has 0 heterocycles. The van der Waals surface area contributed by atoms with E-state index < -0.39 is 12.1 Å². The van der Waals surface area contributed by atoms with Crippen molar-refractivity contribution in [2.24, 2.45) is 0 Å². The third kappa shape index (κ3) is 3.48. The Morgan fingerprint density at radius 2 is 1.76 bits per heavy atom. The molecule has 1 atom stereocenters. The fourth-order valence-corrected chi connectivity index (χ4v) is 1.29. The number of ether oxygens (including phenoxy) is 1. The third-order valence-electron chi connectivity index (χ3n) is 2.20. The fourth-order valence-electron chi connectivity index (χ4n) is 1.29. The Hall–Kier alpha value is -2.04. The van der Waals surface area contributed by atoms with Gasteiger partial charge in [-0.05, 0) is 31.2 Å². The van der Waals surface area contributed by atoms with Crippen molar-refractivity contribution in [2.75, 3.05) is 14.1 Å². The summed E-state index contributed by atoms with van der Waals surface area (Å²) in [5.74, 6) is -0.668. The van der Waals surface area contributed by atoms with Gasteiger partial charge in [0, 0.05) is 14.1 Å². The van der Waals surface area contributed by atoms with Gasteiger partial charge in [0.15, 0.2) is 6.10 Å². The summed E-state index contributed by atoms with van der Waals surface area (Å²) >= 11 is 0. The first-order chi connectivity index (χ1) is 7.91. The molecule has 0 aliphatic rings. The summed E-state index contributed by atoms with van der Waals surface area (Å²) in [5, 5.41) is 8.72. The minimum atomic E-state index is -0.992. The quantitative estimate of drug-likeness (QED) is 0.855. The van der Waals surface area contributed by atoms with Crippen LogP contribution in [0.5, 0.6) is 5.75 Å². The van der Waals surface area contributed by atoms with Crippen molar-refractivity contribution in [3.8, 4) is 5.75 Å². The normalized spacial score (nSPS) is 11.7. The van der Waals surface area contributed by atoms with Crippen molar-refractivity contribution in [1.29, 1.82) is 0 Å². The van der Waals surface area contributed by atoms with Crippen LogP contribution in [-0.4, -0.2) is 42.1 Å². The summed E-state index contributed by atoms with van der Waals surface area (Å²) in [6, 6.07) is 5.93. The topological polar surface area (TPSA) is 66.8 Å². The fraction of sp³-hybridized carbons (Fsp3) is 0.333. The molecular weight excluding hydrogens is 222 g/mol. The zero-order chi connectivity index (χ0) is 13.0. The lowest BCUT2D eigenvalue weighted by molar-refractivity contribution is -0.135. The van der Waals surface area contributed by atoms with Gasteiger partial charge in [-0.1, -0.05) is 0 Å². The van der Waals surface area contributed by atoms with E-state index in [-0.39, 0.29) is 11.5 Å². The van der Waals surface area contributed by atoms with Gasteiger partial charge in [-0.15, -0.1) is 0 Å². The Bertz CT molecular complexity index is 411. The first kappa shape index (κ1) is 13.0. The molecule has 1 aromatic carbocycles. The number of amides is 1. The first-order valence-corrected chi connectivity index (χ1v) is 5.13. The highest BCUT2D eigenvalue weighted by Gasteiger charge is 2.16. The average molecular weight is 237 g/mol. The van der Waals surface area contributed by atoms with Gasteiger partial charge in [-0.25, -0.2) is 4.79 Å². The molecule has 0 bridgehead atoms. The summed E-state index contributed by atoms with van der Waals surface area (Å²) in [6.45, 7) is 1.65. The van der Waals surface area contributed by atoms with E-state index in [1.54, 1.807) is 21.0 Å². The van der Waals surface area contributed by atoms with Crippen molar-refractivity contribution >= 4 is 11.9 Å². The Labute approximate surface area is 99.6 Å². The average Bonchev–Trinajstić information content (AvgIpc) is 2.28. The summed E-state index contributed by atoms with van der Waals surface area (Å²) in [6.07, 6.45) is -0.597. The second-order valence-electron chi connectivity index (χ2n) is 3.82. The second-order valence-corrected chi connectivity index (χ2v) is 3.82. The van der Waals surface area contributed by atoms with Gasteiger partial charge < -0.3 is 14.7 Å². The van der Waals surface area contributed by atoms with Crippen LogP contribution in [0.15, 0.2) is 24.3 Å². The molecule has 5 nitrogen and oxygen atoms in total. The Morgan fingerprint density at radius 3 is 2.18 bits per heavy atom. The molecule has 1 N–H and O–H groups in total. The molecule has 1 amide bonds. The van der Waals surface area contributed by atoms with E-state index in [4.69, 9.17) is 9.84 Å². The molecule has 0 spiro atoms. The highest BCUT2D eigenvalue weighted by molar-refractivity contribution is 5.87. The molecule has 5 heteroatoms. The second kappa shape index (κ2) is 5.34. The van der Waals surface area contributed by atoms with Crippen LogP contribution in [0.1, 0.15) is 17.3 Å². The smallest absolute Gasteiger partial charge is 0.335 e. The number of carboxylic acid groups (broad SMARTS) is 1. The van der Waals surface area contributed by atoms with E-state index in [1.165, 1.54) is 29.2 Å². The highest BCUT2D eigenvalue weighted by Crippen LogP contribution is 2.14. The SMILES string of the molecule is CC(Oc1ccc(C(=O)O)cc1)C(=O)N(C)C. The summed E-state index contributed by atoms with van der Waals surface area (Å²) in [4.78, 5) is 23.6. The van der Waals surface area contributed by atoms with E-state index in [2.05, 4.69) is 0 Å². The van der Waals surface area contributed by atoms with Gasteiger partial charge in [0.25, 0.3) is 5.91 Å². The lowest BCUT2D eigenvalue weighted by atomic mass is 10.2. The number of aromatic carboxylic acids is 1. The lowest BCUT2D eigenvalue weighted by Gasteiger charge is -2.18. The van der Waals surface area contributed by atoms with Crippen LogP contribution >= 0.6 is 0 Å². The van der Waals surface area contributed by atoms with E-state index in [1.807, 2.05) is 0 Å². The zero-order valence-corrected chi connectivity index (χ0v) is 10.0. The number of rotatable bonds is 4. The monoisotopic (exact) mass is 237 g/mol. The largest absolute Gasteiger partial charge is 0.481 e. The molecule has 92 valence electrons. The molecule has 0 saturated carbocycles. The number of nitrogens with zero attached hydrogens (tertiary/aromatic N) is 1. The van der Waals surface area contributed by atoms with Crippen LogP contribution in [0, 0.1) is 0 Å². The first-order valence-electron chi connectivity index (χ1n) is 5.13. The van der Waals surface area contributed by atoms with Crippen molar-refractivity contribution in [2.45, 2.75) is 13.0 Å². The van der Waals surface area contributed by atoms with Crippen LogP contribution in [-0.2, 0) is 4.79 Å². The van der Waals surface area contributed by atoms with Crippen molar-refractivity contribution < 1.29 is 19.4 Å². The summed E-state index contributed by atoms with van der Waals surface area (Å²) in [7, 11) is 3.30. The number of benzene rings is 1. The molecule has 0 aromatic heterocycles. The molecule has 0 aliphatic carbocycles. The van der Waals surface area contributed by atoms with Gasteiger partial charge in [-0.3, -0.25) is 4.79 Å². The lowest BCUT2D eigenvalue weighted by Crippen LogP contribution is -2.35. The molecular formula is C12H15NO4. The zero-order valence-electron chi connectivity index (χ0n) is 10.0. The third-order valence-corrected chi connectivity index (χ3v) is 2.20. The van der Waals surface area contributed by atoms with Gasteiger partial charge in [-0.2, -0.15) is 0 Å². The molecule has 0 radical (unpaired) electrons. The van der Waals surface area contributed by atoms with Crippen molar-refractivity contribution in [3.05, 3.63) is 29.8 Å². The minimum absolute atomic E-state index is 0.146. The van der Waals surface area contributed by atoms with Crippen molar-refractivity contribution in [1.82, 2.24) is 4.90 Å². The highest BCUT2D eigenvalue weighted by atomic mass is 16.5. The number of hydrogen-bond donors (Lipinski definition) is 1. The minimum Gasteiger partial charge on any atom is -0.481 e. The Morgan fingerprint density at radius 1 is 1.24 bits per heavy atom. The number of carbonyl (C=O) groups is 2. The number of carbonyl (C=O) groups excluding carboxylic acids is 1. The number of likely N-dealkylation sites (N-methyl/N-ethyl adjacent to an activating group) is 1. The molecule has 0 aliphatic heterocycles. The van der Waals surface area contributed by atoms with E-state index in [9.17, 15) is 9.59 Å². The Kier molecular flexibility index (Phi) is 4.09. The van der Waals surface area contributed by atoms with Crippen LogP contribution in [0.3, 0.4) is 0 Å². The molecule has 0 fully saturated rings. The van der Waals surface area contributed by atoms with Gasteiger partial charge in [0.05, 0.1) is 5.56 Å². The molecule has 1 unspecified atom stereocenters. The predicted molar refractivity (Wildman–Crippen MR) is 62.2 cm³/mol. The number of hydrogen-bond acceptors (Lipinski definition) is 3. The number of carboxylic acids is 1. The maximum absolute atomic E-state index is 11.5. The van der Waals surface area contributed by atoms with Crippen LogP contribution in [0.2, 0.25) is 0 Å². The van der Waals surface area contributed by atoms with Crippen LogP contribution in [0.25, 0.3) is 0 Å². The van der Waals surface area contributed by atoms with E-state index >= 15 is 0 Å². The van der Waals surface area contributed by atoms with E-state index in [0.717, 1.165) is 0 Å². The van der Waals surface area contributed by atoms with Gasteiger partial charge in [0.1, 0.15) is 5.75 Å². The Balaban J connectivity index is 2.69. The molecule has 0 saturated heterocycles. The maximum Gasteiger partial charge on any atom is 0.335 e. The van der Waals surface area contributed by atoms with Crippen LogP contribution < -0.4 is 4.74 Å². The van der Waals surface area contributed by atoms with Gasteiger partial charge in [0.2, 0.25) is 0 Å². The van der Waals surface area contributed by atoms with Crippen molar-refractivity contribution in [3.63, 3.8) is 0 Å². The molecule has 1 aromatic rings. The van der Waals surface area contributed by atoms with Crippen LogP contribution in [0.4, 0.5) is 0 Å². The molecule has 17 heavy (non-hydrogen) atoms.